The molecule has 9 nitrogen and oxygen atoms in total. The summed E-state index contributed by atoms with van der Waals surface area (Å²) in [6, 6.07) is 0. The first kappa shape index (κ1) is 44.7. The van der Waals surface area contributed by atoms with Crippen LogP contribution in [0.15, 0.2) is 60.8 Å². The first-order valence-electron chi connectivity index (χ1n) is 17.5. The lowest BCUT2D eigenvalue weighted by molar-refractivity contribution is -0.870. The smallest absolute Gasteiger partial charge is 0.306 e. The predicted molar refractivity (Wildman–Crippen MR) is 190 cm³/mol. The van der Waals surface area contributed by atoms with E-state index in [0.717, 1.165) is 64.2 Å². The van der Waals surface area contributed by atoms with E-state index in [9.17, 15) is 19.0 Å². The normalized spacial score (nSPS) is 14.6. The highest BCUT2D eigenvalue weighted by molar-refractivity contribution is 7.45. The predicted octanol–water partition coefficient (Wildman–Crippen LogP) is 8.32. The van der Waals surface area contributed by atoms with Crippen molar-refractivity contribution < 1.29 is 42.1 Å². The minimum atomic E-state index is -4.63. The van der Waals surface area contributed by atoms with Crippen molar-refractivity contribution in [2.24, 2.45) is 0 Å². The molecule has 0 N–H and O–H groups in total. The summed E-state index contributed by atoms with van der Waals surface area (Å²) in [4.78, 5) is 37.0. The summed E-state index contributed by atoms with van der Waals surface area (Å²) in [5, 5.41) is 0. The zero-order chi connectivity index (χ0) is 35.1. The third-order valence-corrected chi connectivity index (χ3v) is 7.77. The lowest BCUT2D eigenvalue weighted by Crippen LogP contribution is -2.37. The quantitative estimate of drug-likeness (QED) is 0.0245. The van der Waals surface area contributed by atoms with Gasteiger partial charge in [0, 0.05) is 12.8 Å². The maximum atomic E-state index is 12.5. The van der Waals surface area contributed by atoms with Crippen LogP contribution in [0, 0.1) is 0 Å². The van der Waals surface area contributed by atoms with E-state index in [1.165, 1.54) is 6.42 Å². The monoisotopic (exact) mass is 681 g/mol. The number of ether oxygens (including phenoxy) is 2. The van der Waals surface area contributed by atoms with Gasteiger partial charge in [-0.05, 0) is 51.4 Å². The van der Waals surface area contributed by atoms with E-state index < -0.39 is 32.5 Å². The highest BCUT2D eigenvalue weighted by Gasteiger charge is 2.21. The lowest BCUT2D eigenvalue weighted by Gasteiger charge is -2.28. The van der Waals surface area contributed by atoms with Crippen LogP contribution in [0.3, 0.4) is 0 Å². The van der Waals surface area contributed by atoms with Gasteiger partial charge >= 0.3 is 11.9 Å². The molecule has 0 radical (unpaired) electrons. The Morgan fingerprint density at radius 2 is 1.21 bits per heavy atom. The largest absolute Gasteiger partial charge is 0.756 e. The van der Waals surface area contributed by atoms with Crippen LogP contribution in [0.25, 0.3) is 0 Å². The van der Waals surface area contributed by atoms with Gasteiger partial charge < -0.3 is 27.9 Å². The van der Waals surface area contributed by atoms with Gasteiger partial charge in [-0.2, -0.15) is 0 Å². The molecule has 0 saturated carbocycles. The topological polar surface area (TPSA) is 111 Å². The van der Waals surface area contributed by atoms with E-state index >= 15 is 0 Å². The number of phosphoric ester groups is 1. The molecule has 0 aromatic rings. The fraction of sp³-hybridized carbons (Fsp3) is 0.676. The van der Waals surface area contributed by atoms with Gasteiger partial charge in [0.25, 0.3) is 7.82 Å². The summed E-state index contributed by atoms with van der Waals surface area (Å²) >= 11 is 0. The van der Waals surface area contributed by atoms with Crippen molar-refractivity contribution in [1.29, 1.82) is 0 Å². The average Bonchev–Trinajstić information content (AvgIpc) is 3.01. The van der Waals surface area contributed by atoms with Crippen molar-refractivity contribution in [3.8, 4) is 0 Å². The summed E-state index contributed by atoms with van der Waals surface area (Å²) in [6.07, 6.45) is 32.9. The first-order valence-corrected chi connectivity index (χ1v) is 19.0. The van der Waals surface area contributed by atoms with Gasteiger partial charge in [0.2, 0.25) is 0 Å². The molecule has 0 spiro atoms. The first-order chi connectivity index (χ1) is 22.5. The number of esters is 2. The molecule has 0 aliphatic carbocycles. The van der Waals surface area contributed by atoms with Gasteiger partial charge in [-0.15, -0.1) is 0 Å². The summed E-state index contributed by atoms with van der Waals surface area (Å²) in [6.45, 7) is 3.93. The minimum Gasteiger partial charge on any atom is -0.756 e. The third-order valence-electron chi connectivity index (χ3n) is 6.80. The highest BCUT2D eigenvalue weighted by atomic mass is 31.2. The van der Waals surface area contributed by atoms with Gasteiger partial charge in [0.15, 0.2) is 6.10 Å². The number of rotatable bonds is 30. The second-order valence-corrected chi connectivity index (χ2v) is 13.9. The molecule has 2 unspecified atom stereocenters. The number of quaternary nitrogens is 1. The van der Waals surface area contributed by atoms with Crippen molar-refractivity contribution >= 4 is 19.8 Å². The molecule has 0 saturated heterocycles. The molecule has 0 amide bonds. The van der Waals surface area contributed by atoms with Crippen LogP contribution in [0.2, 0.25) is 0 Å². The van der Waals surface area contributed by atoms with Crippen LogP contribution in [-0.4, -0.2) is 70.0 Å². The molecule has 0 heterocycles. The number of likely N-dealkylation sites (N-methyl/N-ethyl adjacent to an activating group) is 1. The van der Waals surface area contributed by atoms with Crippen molar-refractivity contribution in [3.63, 3.8) is 0 Å². The van der Waals surface area contributed by atoms with Crippen LogP contribution in [0.4, 0.5) is 0 Å². The molecule has 270 valence electrons. The summed E-state index contributed by atoms with van der Waals surface area (Å²) in [5.74, 6) is -0.922. The summed E-state index contributed by atoms with van der Waals surface area (Å²) in [5.41, 5.74) is 0. The van der Waals surface area contributed by atoms with Crippen LogP contribution in [-0.2, 0) is 32.7 Å². The van der Waals surface area contributed by atoms with Gasteiger partial charge in [0.1, 0.15) is 19.8 Å². The maximum absolute atomic E-state index is 12.5. The highest BCUT2D eigenvalue weighted by Crippen LogP contribution is 2.38. The van der Waals surface area contributed by atoms with Crippen molar-refractivity contribution in [2.45, 2.75) is 116 Å². The number of allylic oxidation sites excluding steroid dienone is 10. The molecule has 0 aromatic carbocycles. The minimum absolute atomic E-state index is 0.0439. The Balaban J connectivity index is 4.54. The second kappa shape index (κ2) is 29.8. The lowest BCUT2D eigenvalue weighted by atomic mass is 10.1. The molecule has 10 heteroatoms. The van der Waals surface area contributed by atoms with Gasteiger partial charge in [0.05, 0.1) is 27.7 Å². The molecule has 2 atom stereocenters. The molecule has 0 aliphatic heterocycles. The Hall–Kier alpha value is -2.29. The van der Waals surface area contributed by atoms with E-state index in [1.54, 1.807) is 0 Å². The van der Waals surface area contributed by atoms with Crippen molar-refractivity contribution in [2.75, 3.05) is 47.5 Å². The van der Waals surface area contributed by atoms with E-state index in [-0.39, 0.29) is 26.1 Å². The fourth-order valence-electron chi connectivity index (χ4n) is 4.04. The van der Waals surface area contributed by atoms with Crippen LogP contribution in [0.5, 0.6) is 0 Å². The molecular weight excluding hydrogens is 617 g/mol. The molecular formula is C37H64NO8P. The van der Waals surface area contributed by atoms with Gasteiger partial charge in [-0.1, -0.05) is 107 Å². The number of unbranched alkanes of at least 4 members (excludes halogenated alkanes) is 6. The second-order valence-electron chi connectivity index (χ2n) is 12.5. The average molecular weight is 682 g/mol. The Bertz CT molecular complexity index is 997. The Kier molecular flexibility index (Phi) is 28.4. The number of nitrogens with zero attached hydrogens (tertiary/aromatic N) is 1. The van der Waals surface area contributed by atoms with Crippen LogP contribution < -0.4 is 4.89 Å². The molecule has 0 rings (SSSR count). The fourth-order valence-corrected chi connectivity index (χ4v) is 4.77. The van der Waals surface area contributed by atoms with E-state index in [0.29, 0.717) is 23.9 Å². The Labute approximate surface area is 286 Å². The maximum Gasteiger partial charge on any atom is 0.306 e. The van der Waals surface area contributed by atoms with E-state index in [1.807, 2.05) is 27.2 Å². The molecule has 47 heavy (non-hydrogen) atoms. The summed E-state index contributed by atoms with van der Waals surface area (Å²) in [7, 11) is 1.11. The molecule has 0 aliphatic rings. The number of phosphoric acid groups is 1. The van der Waals surface area contributed by atoms with E-state index in [2.05, 4.69) is 68.5 Å². The zero-order valence-electron chi connectivity index (χ0n) is 29.9. The zero-order valence-corrected chi connectivity index (χ0v) is 30.8. The number of hydrogen-bond donors (Lipinski definition) is 0. The Morgan fingerprint density at radius 1 is 0.681 bits per heavy atom. The summed E-state index contributed by atoms with van der Waals surface area (Å²) < 4.78 is 33.5. The molecule has 0 fully saturated rings. The SMILES string of the molecule is CC/C=C\C/C=C\C/C=C\C/C=C\C/C=C\CCCC(=O)OC(COC(=O)CCCCCCCC)COP(=O)([O-])OCC[N+](C)(C)C. The molecule has 0 aromatic heterocycles. The Morgan fingerprint density at radius 3 is 1.79 bits per heavy atom. The number of carbonyl (C=O) groups excluding carboxylic acids is 2. The number of hydrogen-bond acceptors (Lipinski definition) is 8. The van der Waals surface area contributed by atoms with Gasteiger partial charge in [-0.3, -0.25) is 14.2 Å². The van der Waals surface area contributed by atoms with E-state index in [4.69, 9.17) is 18.5 Å². The van der Waals surface area contributed by atoms with Crippen LogP contribution in [0.1, 0.15) is 110 Å². The van der Waals surface area contributed by atoms with Crippen molar-refractivity contribution in [3.05, 3.63) is 60.8 Å². The standard InChI is InChI=1S/C37H64NO8P/c1-6-8-10-12-14-15-16-17-18-19-20-21-22-23-24-26-28-30-37(40)46-35(33-43-36(39)29-27-25-13-11-9-7-2)34-45-47(41,42)44-32-31-38(3,4)5/h8,10,14-15,17-18,20-21,23-24,35H,6-7,9,11-13,16,19,22,25-34H2,1-5H3/b10-8-,15-14-,18-17-,21-20-,24-23-. The third kappa shape index (κ3) is 33.4. The van der Waals surface area contributed by atoms with Crippen LogP contribution >= 0.6 is 7.82 Å². The van der Waals surface area contributed by atoms with Crippen molar-refractivity contribution in [1.82, 2.24) is 0 Å². The number of carbonyl (C=O) groups is 2. The van der Waals surface area contributed by atoms with Gasteiger partial charge in [-0.25, -0.2) is 0 Å². The molecule has 0 bridgehead atoms.